The van der Waals surface area contributed by atoms with Gasteiger partial charge in [0.15, 0.2) is 0 Å². The van der Waals surface area contributed by atoms with Gasteiger partial charge in [-0.3, -0.25) is 9.97 Å². The number of nitrogens with zero attached hydrogens (tertiary/aromatic N) is 3. The molecule has 100 valence electrons. The van der Waals surface area contributed by atoms with Crippen LogP contribution < -0.4 is 4.90 Å². The SMILES string of the molecule is CCCCCCN(c1cccnc1)c1cccnc1. The van der Waals surface area contributed by atoms with Crippen LogP contribution in [0, 0.1) is 0 Å². The maximum atomic E-state index is 4.21. The Balaban J connectivity index is 2.10. The molecule has 0 N–H and O–H groups in total. The lowest BCUT2D eigenvalue weighted by atomic mass is 10.2. The number of pyridine rings is 2. The Morgan fingerprint density at radius 1 is 0.895 bits per heavy atom. The van der Waals surface area contributed by atoms with E-state index in [2.05, 4.69) is 33.9 Å². The topological polar surface area (TPSA) is 29.0 Å². The Morgan fingerprint density at radius 3 is 2.00 bits per heavy atom. The van der Waals surface area contributed by atoms with Crippen LogP contribution in [-0.4, -0.2) is 16.5 Å². The summed E-state index contributed by atoms with van der Waals surface area (Å²) in [5.41, 5.74) is 2.26. The highest BCUT2D eigenvalue weighted by Gasteiger charge is 2.08. The summed E-state index contributed by atoms with van der Waals surface area (Å²) in [6.07, 6.45) is 12.5. The van der Waals surface area contributed by atoms with E-state index in [1.165, 1.54) is 25.7 Å². The first-order chi connectivity index (χ1) is 9.42. The molecule has 0 spiro atoms. The van der Waals surface area contributed by atoms with Crippen molar-refractivity contribution in [1.82, 2.24) is 9.97 Å². The highest BCUT2D eigenvalue weighted by atomic mass is 15.1. The zero-order valence-electron chi connectivity index (χ0n) is 11.5. The summed E-state index contributed by atoms with van der Waals surface area (Å²) < 4.78 is 0. The van der Waals surface area contributed by atoms with Crippen molar-refractivity contribution in [3.05, 3.63) is 49.1 Å². The fourth-order valence-corrected chi connectivity index (χ4v) is 2.13. The van der Waals surface area contributed by atoms with Crippen molar-refractivity contribution in [2.24, 2.45) is 0 Å². The van der Waals surface area contributed by atoms with E-state index in [0.717, 1.165) is 17.9 Å². The predicted molar refractivity (Wildman–Crippen MR) is 79.6 cm³/mol. The van der Waals surface area contributed by atoms with E-state index in [4.69, 9.17) is 0 Å². The lowest BCUT2D eigenvalue weighted by molar-refractivity contribution is 0.668. The van der Waals surface area contributed by atoms with E-state index >= 15 is 0 Å². The van der Waals surface area contributed by atoms with Gasteiger partial charge in [-0.2, -0.15) is 0 Å². The standard InChI is InChI=1S/C16H21N3/c1-2-3-4-5-12-19(15-8-6-10-17-13-15)16-9-7-11-18-14-16/h6-11,13-14H,2-5,12H2,1H3. The van der Waals surface area contributed by atoms with Crippen molar-refractivity contribution < 1.29 is 0 Å². The molecule has 2 rings (SSSR count). The highest BCUT2D eigenvalue weighted by Crippen LogP contribution is 2.24. The van der Waals surface area contributed by atoms with Crippen LogP contribution in [0.1, 0.15) is 32.6 Å². The summed E-state index contributed by atoms with van der Waals surface area (Å²) in [4.78, 5) is 10.7. The molecule has 0 unspecified atom stereocenters. The second kappa shape index (κ2) is 7.52. The molecule has 2 aromatic rings. The molecule has 0 bridgehead atoms. The molecule has 3 heteroatoms. The van der Waals surface area contributed by atoms with E-state index in [9.17, 15) is 0 Å². The first-order valence-corrected chi connectivity index (χ1v) is 6.99. The van der Waals surface area contributed by atoms with Crippen LogP contribution in [0.2, 0.25) is 0 Å². The third-order valence-electron chi connectivity index (χ3n) is 3.15. The van der Waals surface area contributed by atoms with Crippen molar-refractivity contribution in [1.29, 1.82) is 0 Å². The Morgan fingerprint density at radius 2 is 1.53 bits per heavy atom. The third-order valence-corrected chi connectivity index (χ3v) is 3.15. The smallest absolute Gasteiger partial charge is 0.0597 e. The van der Waals surface area contributed by atoms with Crippen molar-refractivity contribution in [3.63, 3.8) is 0 Å². The van der Waals surface area contributed by atoms with Crippen LogP contribution in [0.4, 0.5) is 11.4 Å². The number of hydrogen-bond donors (Lipinski definition) is 0. The number of unbranched alkanes of at least 4 members (excludes halogenated alkanes) is 3. The first kappa shape index (κ1) is 13.5. The van der Waals surface area contributed by atoms with Gasteiger partial charge in [-0.15, -0.1) is 0 Å². The normalized spacial score (nSPS) is 10.4. The lowest BCUT2D eigenvalue weighted by Gasteiger charge is -2.24. The molecule has 3 nitrogen and oxygen atoms in total. The average molecular weight is 255 g/mol. The van der Waals surface area contributed by atoms with Crippen LogP contribution >= 0.6 is 0 Å². The van der Waals surface area contributed by atoms with Gasteiger partial charge in [0.25, 0.3) is 0 Å². The highest BCUT2D eigenvalue weighted by molar-refractivity contribution is 5.61. The van der Waals surface area contributed by atoms with Gasteiger partial charge in [0.1, 0.15) is 0 Å². The molecule has 0 aliphatic heterocycles. The van der Waals surface area contributed by atoms with Gasteiger partial charge in [-0.25, -0.2) is 0 Å². The summed E-state index contributed by atoms with van der Waals surface area (Å²) in [6.45, 7) is 3.25. The van der Waals surface area contributed by atoms with Gasteiger partial charge in [0.05, 0.1) is 23.8 Å². The van der Waals surface area contributed by atoms with Gasteiger partial charge in [-0.05, 0) is 30.7 Å². The minimum Gasteiger partial charge on any atom is -0.339 e. The molecule has 0 aliphatic rings. The van der Waals surface area contributed by atoms with Crippen molar-refractivity contribution in [2.75, 3.05) is 11.4 Å². The summed E-state index contributed by atoms with van der Waals surface area (Å²) >= 11 is 0. The predicted octanol–water partition coefficient (Wildman–Crippen LogP) is 4.20. The zero-order chi connectivity index (χ0) is 13.3. The van der Waals surface area contributed by atoms with E-state index in [1.807, 2.05) is 36.9 Å². The van der Waals surface area contributed by atoms with E-state index in [1.54, 1.807) is 0 Å². The Bertz CT molecular complexity index is 416. The van der Waals surface area contributed by atoms with Crippen LogP contribution in [0.5, 0.6) is 0 Å². The maximum absolute atomic E-state index is 4.21. The molecule has 0 aromatic carbocycles. The minimum absolute atomic E-state index is 1.01. The fourth-order valence-electron chi connectivity index (χ4n) is 2.13. The minimum atomic E-state index is 1.01. The molecule has 0 amide bonds. The first-order valence-electron chi connectivity index (χ1n) is 6.99. The van der Waals surface area contributed by atoms with Crippen LogP contribution in [0.25, 0.3) is 0 Å². The summed E-state index contributed by atoms with van der Waals surface area (Å²) in [5.74, 6) is 0. The monoisotopic (exact) mass is 255 g/mol. The van der Waals surface area contributed by atoms with Gasteiger partial charge >= 0.3 is 0 Å². The molecule has 2 aromatic heterocycles. The largest absolute Gasteiger partial charge is 0.339 e. The Labute approximate surface area is 115 Å². The quantitative estimate of drug-likeness (QED) is 0.694. The molecular formula is C16H21N3. The van der Waals surface area contributed by atoms with E-state index in [0.29, 0.717) is 0 Å². The molecule has 0 saturated heterocycles. The molecule has 0 atom stereocenters. The van der Waals surface area contributed by atoms with Crippen molar-refractivity contribution >= 4 is 11.4 Å². The van der Waals surface area contributed by atoms with Gasteiger partial charge < -0.3 is 4.90 Å². The van der Waals surface area contributed by atoms with E-state index < -0.39 is 0 Å². The molecule has 0 radical (unpaired) electrons. The fraction of sp³-hybridized carbons (Fsp3) is 0.375. The number of anilines is 2. The van der Waals surface area contributed by atoms with Crippen LogP contribution in [0.3, 0.4) is 0 Å². The lowest BCUT2D eigenvalue weighted by Crippen LogP contribution is -2.18. The Kier molecular flexibility index (Phi) is 5.35. The maximum Gasteiger partial charge on any atom is 0.0597 e. The van der Waals surface area contributed by atoms with E-state index in [-0.39, 0.29) is 0 Å². The summed E-state index contributed by atoms with van der Waals surface area (Å²) in [7, 11) is 0. The molecule has 0 saturated carbocycles. The molecule has 0 fully saturated rings. The third kappa shape index (κ3) is 4.05. The average Bonchev–Trinajstić information content (AvgIpc) is 2.49. The van der Waals surface area contributed by atoms with Crippen molar-refractivity contribution in [3.8, 4) is 0 Å². The molecule has 0 aliphatic carbocycles. The number of hydrogen-bond acceptors (Lipinski definition) is 3. The second-order valence-electron chi connectivity index (χ2n) is 4.63. The van der Waals surface area contributed by atoms with Gasteiger partial charge in [0, 0.05) is 18.9 Å². The number of aromatic nitrogens is 2. The zero-order valence-corrected chi connectivity index (χ0v) is 11.5. The van der Waals surface area contributed by atoms with Crippen molar-refractivity contribution in [2.45, 2.75) is 32.6 Å². The second-order valence-corrected chi connectivity index (χ2v) is 4.63. The molecule has 2 heterocycles. The Hall–Kier alpha value is -1.90. The van der Waals surface area contributed by atoms with Gasteiger partial charge in [0.2, 0.25) is 0 Å². The summed E-state index contributed by atoms with van der Waals surface area (Å²) in [6, 6.07) is 8.15. The molecule has 19 heavy (non-hydrogen) atoms. The van der Waals surface area contributed by atoms with Gasteiger partial charge in [-0.1, -0.05) is 26.2 Å². The summed E-state index contributed by atoms with van der Waals surface area (Å²) in [5, 5.41) is 0. The number of rotatable bonds is 7. The molecular weight excluding hydrogens is 234 g/mol. The van der Waals surface area contributed by atoms with Crippen LogP contribution in [0.15, 0.2) is 49.1 Å². The van der Waals surface area contributed by atoms with Crippen LogP contribution in [-0.2, 0) is 0 Å².